The van der Waals surface area contributed by atoms with Crippen molar-refractivity contribution in [3.63, 3.8) is 0 Å². The molecule has 0 spiro atoms. The van der Waals surface area contributed by atoms with Gasteiger partial charge >= 0.3 is 5.97 Å². The molecule has 1 aliphatic heterocycles. The SMILES string of the molecule is Cc1nc(N2CCCCCC2CO)ccc1C(=O)O. The Morgan fingerprint density at radius 2 is 2.21 bits per heavy atom. The molecule has 104 valence electrons. The summed E-state index contributed by atoms with van der Waals surface area (Å²) in [6.45, 7) is 2.68. The molecule has 5 heteroatoms. The first-order chi connectivity index (χ1) is 9.13. The van der Waals surface area contributed by atoms with Gasteiger partial charge in [-0.05, 0) is 31.9 Å². The van der Waals surface area contributed by atoms with Crippen LogP contribution < -0.4 is 4.90 Å². The zero-order valence-electron chi connectivity index (χ0n) is 11.2. The predicted octanol–water partition coefficient (Wildman–Crippen LogP) is 1.83. The Morgan fingerprint density at radius 1 is 1.42 bits per heavy atom. The summed E-state index contributed by atoms with van der Waals surface area (Å²) in [6, 6.07) is 3.43. The molecule has 1 atom stereocenters. The first-order valence-electron chi connectivity index (χ1n) is 6.72. The van der Waals surface area contributed by atoms with Crippen LogP contribution in [0.2, 0.25) is 0 Å². The molecular weight excluding hydrogens is 244 g/mol. The average molecular weight is 264 g/mol. The first kappa shape index (κ1) is 13.8. The van der Waals surface area contributed by atoms with Crippen molar-refractivity contribution in [1.82, 2.24) is 4.98 Å². The standard InChI is InChI=1S/C14H20N2O3/c1-10-12(14(18)19)6-7-13(15-10)16-8-4-2-3-5-11(16)9-17/h6-7,11,17H,2-5,8-9H2,1H3,(H,18,19). The Balaban J connectivity index is 2.28. The molecule has 2 N–H and O–H groups in total. The second-order valence-corrected chi connectivity index (χ2v) is 4.99. The molecule has 5 nitrogen and oxygen atoms in total. The van der Waals surface area contributed by atoms with Crippen molar-refractivity contribution in [3.05, 3.63) is 23.4 Å². The van der Waals surface area contributed by atoms with Crippen molar-refractivity contribution in [2.45, 2.75) is 38.6 Å². The van der Waals surface area contributed by atoms with Crippen LogP contribution in [0.25, 0.3) is 0 Å². The van der Waals surface area contributed by atoms with Crippen LogP contribution in [0.5, 0.6) is 0 Å². The van der Waals surface area contributed by atoms with Gasteiger partial charge in [-0.25, -0.2) is 9.78 Å². The summed E-state index contributed by atoms with van der Waals surface area (Å²) >= 11 is 0. The Bertz CT molecular complexity index is 462. The number of anilines is 1. The van der Waals surface area contributed by atoms with E-state index in [1.54, 1.807) is 19.1 Å². The van der Waals surface area contributed by atoms with Crippen LogP contribution in [0, 0.1) is 6.92 Å². The quantitative estimate of drug-likeness (QED) is 0.871. The molecule has 2 rings (SSSR count). The predicted molar refractivity (Wildman–Crippen MR) is 72.6 cm³/mol. The molecule has 0 radical (unpaired) electrons. The highest BCUT2D eigenvalue weighted by molar-refractivity contribution is 5.89. The Labute approximate surface area is 112 Å². The summed E-state index contributed by atoms with van der Waals surface area (Å²) in [5.41, 5.74) is 0.755. The number of hydrogen-bond donors (Lipinski definition) is 2. The maximum Gasteiger partial charge on any atom is 0.337 e. The van der Waals surface area contributed by atoms with Crippen LogP contribution in [-0.4, -0.2) is 40.4 Å². The zero-order valence-corrected chi connectivity index (χ0v) is 11.2. The molecule has 0 saturated carbocycles. The average Bonchev–Trinajstić information content (AvgIpc) is 2.63. The molecule has 1 unspecified atom stereocenters. The van der Waals surface area contributed by atoms with E-state index < -0.39 is 5.97 Å². The van der Waals surface area contributed by atoms with Gasteiger partial charge in [-0.2, -0.15) is 0 Å². The number of carbonyl (C=O) groups is 1. The van der Waals surface area contributed by atoms with Gasteiger partial charge in [0.25, 0.3) is 0 Å². The van der Waals surface area contributed by atoms with Crippen LogP contribution in [-0.2, 0) is 0 Å². The summed E-state index contributed by atoms with van der Waals surface area (Å²) in [5.74, 6) is -0.186. The molecule has 0 bridgehead atoms. The lowest BCUT2D eigenvalue weighted by Crippen LogP contribution is -2.38. The van der Waals surface area contributed by atoms with Crippen LogP contribution >= 0.6 is 0 Å². The lowest BCUT2D eigenvalue weighted by molar-refractivity contribution is 0.0695. The van der Waals surface area contributed by atoms with E-state index in [-0.39, 0.29) is 18.2 Å². The van der Waals surface area contributed by atoms with E-state index in [0.717, 1.165) is 31.6 Å². The van der Waals surface area contributed by atoms with Crippen molar-refractivity contribution >= 4 is 11.8 Å². The third kappa shape index (κ3) is 3.04. The number of aromatic carboxylic acids is 1. The first-order valence-corrected chi connectivity index (χ1v) is 6.72. The maximum atomic E-state index is 11.0. The minimum absolute atomic E-state index is 0.0880. The fourth-order valence-electron chi connectivity index (χ4n) is 2.60. The fraction of sp³-hybridized carbons (Fsp3) is 0.571. The Morgan fingerprint density at radius 3 is 2.84 bits per heavy atom. The van der Waals surface area contributed by atoms with Gasteiger partial charge in [-0.15, -0.1) is 0 Å². The lowest BCUT2D eigenvalue weighted by Gasteiger charge is -2.30. The van der Waals surface area contributed by atoms with E-state index in [9.17, 15) is 9.90 Å². The number of aliphatic hydroxyl groups excluding tert-OH is 1. The maximum absolute atomic E-state index is 11.0. The van der Waals surface area contributed by atoms with E-state index in [1.807, 2.05) is 0 Å². The monoisotopic (exact) mass is 264 g/mol. The van der Waals surface area contributed by atoms with Gasteiger partial charge in [0, 0.05) is 6.54 Å². The number of nitrogens with zero attached hydrogens (tertiary/aromatic N) is 2. The second kappa shape index (κ2) is 6.02. The summed E-state index contributed by atoms with van der Waals surface area (Å²) < 4.78 is 0. The minimum atomic E-state index is -0.953. The third-order valence-corrected chi connectivity index (χ3v) is 3.68. The molecule has 1 aromatic heterocycles. The van der Waals surface area contributed by atoms with Gasteiger partial charge in [0.15, 0.2) is 0 Å². The molecule has 1 aliphatic rings. The van der Waals surface area contributed by atoms with Crippen LogP contribution in [0.1, 0.15) is 41.7 Å². The lowest BCUT2D eigenvalue weighted by atomic mass is 10.1. The number of aromatic nitrogens is 1. The van der Waals surface area contributed by atoms with Crippen LogP contribution in [0.15, 0.2) is 12.1 Å². The topological polar surface area (TPSA) is 73.7 Å². The smallest absolute Gasteiger partial charge is 0.337 e. The van der Waals surface area contributed by atoms with Gasteiger partial charge in [-0.3, -0.25) is 0 Å². The molecule has 2 heterocycles. The summed E-state index contributed by atoms with van der Waals surface area (Å²) in [6.07, 6.45) is 4.32. The van der Waals surface area contributed by atoms with Gasteiger partial charge in [0.2, 0.25) is 0 Å². The highest BCUT2D eigenvalue weighted by Crippen LogP contribution is 2.23. The number of aryl methyl sites for hydroxylation is 1. The van der Waals surface area contributed by atoms with Gasteiger partial charge in [0.05, 0.1) is 23.9 Å². The van der Waals surface area contributed by atoms with Crippen molar-refractivity contribution in [1.29, 1.82) is 0 Å². The van der Waals surface area contributed by atoms with Crippen molar-refractivity contribution in [2.24, 2.45) is 0 Å². The molecule has 1 fully saturated rings. The molecular formula is C14H20N2O3. The minimum Gasteiger partial charge on any atom is -0.478 e. The Hall–Kier alpha value is -1.62. The van der Waals surface area contributed by atoms with Gasteiger partial charge in [0.1, 0.15) is 5.82 Å². The number of pyridine rings is 1. The van der Waals surface area contributed by atoms with E-state index in [2.05, 4.69) is 9.88 Å². The fourth-order valence-corrected chi connectivity index (χ4v) is 2.60. The van der Waals surface area contributed by atoms with E-state index in [0.29, 0.717) is 5.69 Å². The molecule has 0 aromatic carbocycles. The molecule has 0 aliphatic carbocycles. The van der Waals surface area contributed by atoms with Crippen LogP contribution in [0.3, 0.4) is 0 Å². The number of hydrogen-bond acceptors (Lipinski definition) is 4. The van der Waals surface area contributed by atoms with Gasteiger partial charge < -0.3 is 15.1 Å². The summed E-state index contributed by atoms with van der Waals surface area (Å²) in [5, 5.41) is 18.5. The van der Waals surface area contributed by atoms with Crippen molar-refractivity contribution < 1.29 is 15.0 Å². The number of carboxylic acid groups (broad SMARTS) is 1. The summed E-state index contributed by atoms with van der Waals surface area (Å²) in [7, 11) is 0. The number of aliphatic hydroxyl groups is 1. The zero-order chi connectivity index (χ0) is 13.8. The number of rotatable bonds is 3. The molecule has 1 aromatic rings. The van der Waals surface area contributed by atoms with E-state index in [1.165, 1.54) is 6.42 Å². The Kier molecular flexibility index (Phi) is 4.37. The normalized spacial score (nSPS) is 20.1. The van der Waals surface area contributed by atoms with Crippen molar-refractivity contribution in [3.8, 4) is 0 Å². The highest BCUT2D eigenvalue weighted by atomic mass is 16.4. The third-order valence-electron chi connectivity index (χ3n) is 3.68. The van der Waals surface area contributed by atoms with E-state index in [4.69, 9.17) is 5.11 Å². The van der Waals surface area contributed by atoms with Crippen LogP contribution in [0.4, 0.5) is 5.82 Å². The second-order valence-electron chi connectivity index (χ2n) is 4.99. The highest BCUT2D eigenvalue weighted by Gasteiger charge is 2.22. The molecule has 0 amide bonds. The van der Waals surface area contributed by atoms with E-state index >= 15 is 0 Å². The largest absolute Gasteiger partial charge is 0.478 e. The van der Waals surface area contributed by atoms with Crippen molar-refractivity contribution in [2.75, 3.05) is 18.1 Å². The number of carboxylic acids is 1. The molecule has 19 heavy (non-hydrogen) atoms. The molecule has 1 saturated heterocycles. The van der Waals surface area contributed by atoms with Gasteiger partial charge in [-0.1, -0.05) is 12.8 Å². The summed E-state index contributed by atoms with van der Waals surface area (Å²) in [4.78, 5) is 17.5.